The summed E-state index contributed by atoms with van der Waals surface area (Å²) < 4.78 is 6.14. The van der Waals surface area contributed by atoms with E-state index < -0.39 is 0 Å². The fraction of sp³-hybridized carbons (Fsp3) is 0.615. The Kier molecular flexibility index (Phi) is 2.67. The monoisotopic (exact) mass is 233 g/mol. The maximum absolute atomic E-state index is 6.14. The number of hydrogen-bond donors (Lipinski definition) is 1. The van der Waals surface area contributed by atoms with E-state index in [0.717, 1.165) is 31.7 Å². The van der Waals surface area contributed by atoms with Gasteiger partial charge in [0.15, 0.2) is 0 Å². The summed E-state index contributed by atoms with van der Waals surface area (Å²) in [6, 6.07) is 0.327. The van der Waals surface area contributed by atoms with E-state index >= 15 is 0 Å². The average molecular weight is 233 g/mol. The van der Waals surface area contributed by atoms with Gasteiger partial charge in [-0.05, 0) is 37.6 Å². The molecule has 1 N–H and O–H groups in total. The van der Waals surface area contributed by atoms with E-state index in [2.05, 4.69) is 35.5 Å². The zero-order valence-corrected chi connectivity index (χ0v) is 10.4. The van der Waals surface area contributed by atoms with E-state index in [9.17, 15) is 0 Å². The van der Waals surface area contributed by atoms with Crippen molar-refractivity contribution in [3.05, 3.63) is 23.0 Å². The van der Waals surface area contributed by atoms with Crippen LogP contribution in [-0.4, -0.2) is 43.4 Å². The summed E-state index contributed by atoms with van der Waals surface area (Å²) in [4.78, 5) is 2.32. The first-order valence-electron chi connectivity index (χ1n) is 6.27. The topological polar surface area (TPSA) is 36.9 Å². The first kappa shape index (κ1) is 10.8. The van der Waals surface area contributed by atoms with E-state index in [4.69, 9.17) is 4.74 Å². The van der Waals surface area contributed by atoms with Crippen LogP contribution >= 0.6 is 0 Å². The Morgan fingerprint density at radius 1 is 1.53 bits per heavy atom. The highest BCUT2D eigenvalue weighted by molar-refractivity contribution is 5.83. The minimum absolute atomic E-state index is 0.327. The number of ether oxygens (including phenoxy) is 1. The molecule has 0 aromatic carbocycles. The first-order chi connectivity index (χ1) is 8.22. The van der Waals surface area contributed by atoms with E-state index in [1.54, 1.807) is 0 Å². The van der Waals surface area contributed by atoms with Crippen molar-refractivity contribution >= 4 is 6.21 Å². The predicted octanol–water partition coefficient (Wildman–Crippen LogP) is 1.27. The highest BCUT2D eigenvalue weighted by Gasteiger charge is 2.28. The number of nitrogens with one attached hydrogen (secondary N) is 1. The lowest BCUT2D eigenvalue weighted by molar-refractivity contribution is 0.112. The number of hydrazone groups is 1. The largest absolute Gasteiger partial charge is 0.493 e. The van der Waals surface area contributed by atoms with Crippen LogP contribution < -0.4 is 5.43 Å². The van der Waals surface area contributed by atoms with Gasteiger partial charge in [0.2, 0.25) is 0 Å². The molecule has 2 heterocycles. The van der Waals surface area contributed by atoms with E-state index in [1.807, 2.05) is 6.21 Å². The van der Waals surface area contributed by atoms with Crippen LogP contribution in [0.2, 0.25) is 0 Å². The first-order valence-corrected chi connectivity index (χ1v) is 6.27. The lowest BCUT2D eigenvalue weighted by Crippen LogP contribution is -2.27. The molecule has 4 nitrogen and oxygen atoms in total. The van der Waals surface area contributed by atoms with Crippen molar-refractivity contribution in [3.63, 3.8) is 0 Å². The number of rotatable bonds is 2. The SMILES string of the molecule is CC1=C(O[C@H]2CCN(C)C2)CC2NN=CC2=C1. The highest BCUT2D eigenvalue weighted by atomic mass is 16.5. The molecule has 3 aliphatic rings. The van der Waals surface area contributed by atoms with E-state index in [-0.39, 0.29) is 0 Å². The maximum Gasteiger partial charge on any atom is 0.112 e. The Bertz CT molecular complexity index is 411. The molecule has 4 heteroatoms. The van der Waals surface area contributed by atoms with Crippen LogP contribution in [0.4, 0.5) is 0 Å². The molecule has 0 aromatic rings. The molecule has 0 bridgehead atoms. The molecule has 0 saturated carbocycles. The summed E-state index contributed by atoms with van der Waals surface area (Å²) in [6.45, 7) is 4.31. The molecule has 0 radical (unpaired) electrons. The quantitative estimate of drug-likeness (QED) is 0.780. The average Bonchev–Trinajstić information content (AvgIpc) is 2.88. The van der Waals surface area contributed by atoms with Gasteiger partial charge >= 0.3 is 0 Å². The zero-order chi connectivity index (χ0) is 11.8. The number of likely N-dealkylation sites (N-methyl/N-ethyl adjacent to an activating group) is 1. The molecule has 2 atom stereocenters. The third-order valence-corrected chi connectivity index (χ3v) is 3.72. The van der Waals surface area contributed by atoms with Gasteiger partial charge in [0.05, 0.1) is 12.3 Å². The Morgan fingerprint density at radius 2 is 2.41 bits per heavy atom. The van der Waals surface area contributed by atoms with Crippen LogP contribution in [0.15, 0.2) is 28.1 Å². The molecule has 1 saturated heterocycles. The molecule has 92 valence electrons. The van der Waals surface area contributed by atoms with Crippen LogP contribution in [0.1, 0.15) is 19.8 Å². The zero-order valence-electron chi connectivity index (χ0n) is 10.4. The van der Waals surface area contributed by atoms with Crippen molar-refractivity contribution in [2.24, 2.45) is 5.10 Å². The van der Waals surface area contributed by atoms with Crippen molar-refractivity contribution in [2.45, 2.75) is 31.9 Å². The van der Waals surface area contributed by atoms with Gasteiger partial charge in [-0.25, -0.2) is 0 Å². The summed E-state index contributed by atoms with van der Waals surface area (Å²) in [6.07, 6.45) is 6.53. The van der Waals surface area contributed by atoms with E-state index in [0.29, 0.717) is 12.1 Å². The van der Waals surface area contributed by atoms with Crippen LogP contribution in [0.5, 0.6) is 0 Å². The molecule has 2 aliphatic heterocycles. The lowest BCUT2D eigenvalue weighted by Gasteiger charge is -2.24. The third-order valence-electron chi connectivity index (χ3n) is 3.72. The van der Waals surface area contributed by atoms with Gasteiger partial charge in [-0.3, -0.25) is 0 Å². The number of nitrogens with zero attached hydrogens (tertiary/aromatic N) is 2. The second kappa shape index (κ2) is 4.18. The van der Waals surface area contributed by atoms with Crippen molar-refractivity contribution in [1.82, 2.24) is 10.3 Å². The third kappa shape index (κ3) is 2.09. The molecular weight excluding hydrogens is 214 g/mol. The number of likely N-dealkylation sites (tertiary alicyclic amines) is 1. The Balaban J connectivity index is 1.71. The fourth-order valence-electron chi connectivity index (χ4n) is 2.68. The second-order valence-electron chi connectivity index (χ2n) is 5.19. The van der Waals surface area contributed by atoms with Crippen molar-refractivity contribution in [2.75, 3.05) is 20.1 Å². The van der Waals surface area contributed by atoms with Gasteiger partial charge in [0, 0.05) is 19.5 Å². The molecule has 0 spiro atoms. The summed E-state index contributed by atoms with van der Waals surface area (Å²) in [7, 11) is 2.15. The fourth-order valence-corrected chi connectivity index (χ4v) is 2.68. The molecule has 3 rings (SSSR count). The summed E-state index contributed by atoms with van der Waals surface area (Å²) in [5, 5.41) is 4.11. The summed E-state index contributed by atoms with van der Waals surface area (Å²) in [5.41, 5.74) is 5.65. The van der Waals surface area contributed by atoms with Crippen LogP contribution in [0.3, 0.4) is 0 Å². The molecule has 17 heavy (non-hydrogen) atoms. The van der Waals surface area contributed by atoms with Crippen LogP contribution in [0.25, 0.3) is 0 Å². The van der Waals surface area contributed by atoms with Gasteiger partial charge < -0.3 is 15.1 Å². The lowest BCUT2D eigenvalue weighted by atomic mass is 9.95. The van der Waals surface area contributed by atoms with E-state index in [1.165, 1.54) is 11.1 Å². The minimum atomic E-state index is 0.327. The Labute approximate surface area is 102 Å². The number of allylic oxidation sites excluding steroid dienone is 2. The van der Waals surface area contributed by atoms with Crippen molar-refractivity contribution < 1.29 is 4.74 Å². The number of hydrogen-bond acceptors (Lipinski definition) is 4. The van der Waals surface area contributed by atoms with Gasteiger partial charge in [-0.15, -0.1) is 0 Å². The van der Waals surface area contributed by atoms with Gasteiger partial charge in [-0.2, -0.15) is 5.10 Å². The standard InChI is InChI=1S/C13H19N3O/c1-9-5-10-7-14-15-12(10)6-13(9)17-11-3-4-16(2)8-11/h5,7,11-12,15H,3-4,6,8H2,1-2H3/t11-,12?/m0/s1. The van der Waals surface area contributed by atoms with Gasteiger partial charge in [0.25, 0.3) is 0 Å². The molecule has 1 unspecified atom stereocenters. The minimum Gasteiger partial charge on any atom is -0.493 e. The smallest absolute Gasteiger partial charge is 0.112 e. The molecular formula is C13H19N3O. The molecule has 1 fully saturated rings. The highest BCUT2D eigenvalue weighted by Crippen LogP contribution is 2.28. The predicted molar refractivity (Wildman–Crippen MR) is 67.8 cm³/mol. The van der Waals surface area contributed by atoms with Gasteiger partial charge in [0.1, 0.15) is 11.9 Å². The maximum atomic E-state index is 6.14. The normalized spacial score (nSPS) is 32.5. The molecule has 0 amide bonds. The summed E-state index contributed by atoms with van der Waals surface area (Å²) in [5.74, 6) is 1.14. The Hall–Kier alpha value is -1.29. The van der Waals surface area contributed by atoms with Crippen molar-refractivity contribution in [1.29, 1.82) is 0 Å². The Morgan fingerprint density at radius 3 is 3.18 bits per heavy atom. The van der Waals surface area contributed by atoms with Crippen LogP contribution in [0, 0.1) is 0 Å². The summed E-state index contributed by atoms with van der Waals surface area (Å²) >= 11 is 0. The molecule has 0 aromatic heterocycles. The molecule has 1 aliphatic carbocycles. The number of fused-ring (bicyclic) bond motifs is 1. The van der Waals surface area contributed by atoms with Crippen LogP contribution in [-0.2, 0) is 4.74 Å². The van der Waals surface area contributed by atoms with Gasteiger partial charge in [-0.1, -0.05) is 0 Å². The van der Waals surface area contributed by atoms with Crippen molar-refractivity contribution in [3.8, 4) is 0 Å². The second-order valence-corrected chi connectivity index (χ2v) is 5.19.